The molecule has 0 radical (unpaired) electrons. The third-order valence-electron chi connectivity index (χ3n) is 5.39. The largest absolute Gasteiger partial charge is 0.497 e. The van der Waals surface area contributed by atoms with Gasteiger partial charge in [-0.05, 0) is 30.7 Å². The van der Waals surface area contributed by atoms with Gasteiger partial charge in [-0.15, -0.1) is 24.0 Å². The maximum Gasteiger partial charge on any atom is 0.191 e. The van der Waals surface area contributed by atoms with Crippen molar-refractivity contribution in [3.63, 3.8) is 0 Å². The molecule has 7 nitrogen and oxygen atoms in total. The minimum atomic E-state index is 0. The minimum absolute atomic E-state index is 0. The lowest BCUT2D eigenvalue weighted by Crippen LogP contribution is -2.46. The summed E-state index contributed by atoms with van der Waals surface area (Å²) in [6, 6.07) is 16.6. The van der Waals surface area contributed by atoms with Crippen molar-refractivity contribution in [2.75, 3.05) is 53.6 Å². The standard InChI is InChI=1S/C24H34N4O3.HI/c1-4-31-23-8-6-5-7-20(23)17-26-24(25-2)27-18-22(28-13-15-30-16-14-28)19-9-11-21(29-3)12-10-19;/h5-12,22H,4,13-18H2,1-3H3,(H2,25,26,27);1H. The van der Waals surface area contributed by atoms with Crippen molar-refractivity contribution in [1.82, 2.24) is 15.5 Å². The molecule has 1 aliphatic rings. The summed E-state index contributed by atoms with van der Waals surface area (Å²) in [5, 5.41) is 6.91. The molecule has 1 aliphatic heterocycles. The maximum absolute atomic E-state index is 5.73. The number of benzene rings is 2. The highest BCUT2D eigenvalue weighted by atomic mass is 127. The van der Waals surface area contributed by atoms with Crippen molar-refractivity contribution in [3.05, 3.63) is 59.7 Å². The molecule has 0 spiro atoms. The number of para-hydroxylation sites is 1. The smallest absolute Gasteiger partial charge is 0.191 e. The molecule has 0 bridgehead atoms. The van der Waals surface area contributed by atoms with Gasteiger partial charge in [-0.2, -0.15) is 0 Å². The fraction of sp³-hybridized carbons (Fsp3) is 0.458. The second kappa shape index (κ2) is 14.2. The van der Waals surface area contributed by atoms with Gasteiger partial charge in [-0.1, -0.05) is 30.3 Å². The molecule has 3 rings (SSSR count). The first-order valence-corrected chi connectivity index (χ1v) is 10.9. The molecular weight excluding hydrogens is 519 g/mol. The molecule has 1 heterocycles. The van der Waals surface area contributed by atoms with E-state index < -0.39 is 0 Å². The number of nitrogens with zero attached hydrogens (tertiary/aromatic N) is 2. The first-order valence-electron chi connectivity index (χ1n) is 10.9. The van der Waals surface area contributed by atoms with E-state index in [1.807, 2.05) is 37.3 Å². The van der Waals surface area contributed by atoms with Gasteiger partial charge in [0.25, 0.3) is 0 Å². The Kier molecular flexibility index (Phi) is 11.6. The summed E-state index contributed by atoms with van der Waals surface area (Å²) in [7, 11) is 3.48. The quantitative estimate of drug-likeness (QED) is 0.281. The zero-order valence-electron chi connectivity index (χ0n) is 19.2. The average Bonchev–Trinajstić information content (AvgIpc) is 2.83. The third-order valence-corrected chi connectivity index (χ3v) is 5.39. The molecule has 176 valence electrons. The van der Waals surface area contributed by atoms with E-state index in [-0.39, 0.29) is 30.0 Å². The van der Waals surface area contributed by atoms with Gasteiger partial charge in [0.15, 0.2) is 5.96 Å². The number of ether oxygens (including phenoxy) is 3. The third kappa shape index (κ3) is 7.53. The molecule has 0 amide bonds. The number of morpholine rings is 1. The second-order valence-corrected chi connectivity index (χ2v) is 7.28. The van der Waals surface area contributed by atoms with Gasteiger partial charge in [0.2, 0.25) is 0 Å². The number of halogens is 1. The Hall–Kier alpha value is -2.04. The van der Waals surface area contributed by atoms with Gasteiger partial charge in [0.05, 0.1) is 33.0 Å². The van der Waals surface area contributed by atoms with E-state index in [9.17, 15) is 0 Å². The van der Waals surface area contributed by atoms with E-state index >= 15 is 0 Å². The van der Waals surface area contributed by atoms with Gasteiger partial charge in [-0.3, -0.25) is 9.89 Å². The van der Waals surface area contributed by atoms with Gasteiger partial charge < -0.3 is 24.8 Å². The highest BCUT2D eigenvalue weighted by molar-refractivity contribution is 14.0. The predicted molar refractivity (Wildman–Crippen MR) is 139 cm³/mol. The molecule has 1 saturated heterocycles. The summed E-state index contributed by atoms with van der Waals surface area (Å²) in [4.78, 5) is 6.86. The summed E-state index contributed by atoms with van der Waals surface area (Å²) in [5.41, 5.74) is 2.35. The van der Waals surface area contributed by atoms with E-state index in [0.717, 1.165) is 55.9 Å². The van der Waals surface area contributed by atoms with Crippen LogP contribution in [-0.2, 0) is 11.3 Å². The number of hydrogen-bond donors (Lipinski definition) is 2. The summed E-state index contributed by atoms with van der Waals surface area (Å²) in [5.74, 6) is 2.53. The molecule has 1 atom stereocenters. The summed E-state index contributed by atoms with van der Waals surface area (Å²) < 4.78 is 16.6. The SMILES string of the molecule is CCOc1ccccc1CNC(=NC)NCC(c1ccc(OC)cc1)N1CCOCC1.I. The average molecular weight is 554 g/mol. The highest BCUT2D eigenvalue weighted by Crippen LogP contribution is 2.24. The van der Waals surface area contributed by atoms with E-state index in [1.54, 1.807) is 14.2 Å². The highest BCUT2D eigenvalue weighted by Gasteiger charge is 2.23. The van der Waals surface area contributed by atoms with Crippen LogP contribution in [0.3, 0.4) is 0 Å². The van der Waals surface area contributed by atoms with Crippen LogP contribution < -0.4 is 20.1 Å². The van der Waals surface area contributed by atoms with Crippen LogP contribution in [0.25, 0.3) is 0 Å². The normalized spacial score (nSPS) is 15.4. The zero-order valence-corrected chi connectivity index (χ0v) is 21.5. The van der Waals surface area contributed by atoms with Crippen molar-refractivity contribution in [3.8, 4) is 11.5 Å². The molecule has 8 heteroatoms. The molecule has 2 aromatic rings. The number of hydrogen-bond acceptors (Lipinski definition) is 5. The van der Waals surface area contributed by atoms with Gasteiger partial charge >= 0.3 is 0 Å². The summed E-state index contributed by atoms with van der Waals surface area (Å²) >= 11 is 0. The first kappa shape index (κ1) is 26.2. The van der Waals surface area contributed by atoms with Crippen molar-refractivity contribution in [1.29, 1.82) is 0 Å². The summed E-state index contributed by atoms with van der Waals surface area (Å²) in [6.07, 6.45) is 0. The van der Waals surface area contributed by atoms with Gasteiger partial charge in [-0.25, -0.2) is 0 Å². The summed E-state index contributed by atoms with van der Waals surface area (Å²) in [6.45, 7) is 7.35. The number of rotatable bonds is 9. The van der Waals surface area contributed by atoms with Crippen LogP contribution in [0.15, 0.2) is 53.5 Å². The first-order chi connectivity index (χ1) is 15.2. The molecule has 0 aliphatic carbocycles. The van der Waals surface area contributed by atoms with Crippen LogP contribution >= 0.6 is 24.0 Å². The Morgan fingerprint density at radius 3 is 2.47 bits per heavy atom. The Labute approximate surface area is 208 Å². The maximum atomic E-state index is 5.73. The van der Waals surface area contributed by atoms with Crippen molar-refractivity contribution < 1.29 is 14.2 Å². The Balaban J connectivity index is 0.00000363. The van der Waals surface area contributed by atoms with E-state index in [4.69, 9.17) is 14.2 Å². The number of aliphatic imine (C=N–C) groups is 1. The number of guanidine groups is 1. The van der Waals surface area contributed by atoms with Crippen LogP contribution in [0.1, 0.15) is 24.1 Å². The molecule has 0 aromatic heterocycles. The van der Waals surface area contributed by atoms with Crippen molar-refractivity contribution in [2.45, 2.75) is 19.5 Å². The van der Waals surface area contributed by atoms with Crippen LogP contribution in [0.2, 0.25) is 0 Å². The number of methoxy groups -OCH3 is 1. The molecule has 2 aromatic carbocycles. The van der Waals surface area contributed by atoms with E-state index in [1.165, 1.54) is 5.56 Å². The van der Waals surface area contributed by atoms with Crippen LogP contribution in [-0.4, -0.2) is 64.5 Å². The van der Waals surface area contributed by atoms with Crippen LogP contribution in [0, 0.1) is 0 Å². The topological polar surface area (TPSA) is 67.3 Å². The zero-order chi connectivity index (χ0) is 21.9. The van der Waals surface area contributed by atoms with Crippen molar-refractivity contribution >= 4 is 29.9 Å². The fourth-order valence-corrected chi connectivity index (χ4v) is 3.71. The fourth-order valence-electron chi connectivity index (χ4n) is 3.71. The lowest BCUT2D eigenvalue weighted by atomic mass is 10.0. The number of nitrogens with one attached hydrogen (secondary N) is 2. The minimum Gasteiger partial charge on any atom is -0.497 e. The lowest BCUT2D eigenvalue weighted by Gasteiger charge is -2.35. The van der Waals surface area contributed by atoms with Crippen molar-refractivity contribution in [2.24, 2.45) is 4.99 Å². The molecule has 0 saturated carbocycles. The monoisotopic (exact) mass is 554 g/mol. The molecule has 32 heavy (non-hydrogen) atoms. The van der Waals surface area contributed by atoms with Gasteiger partial charge in [0.1, 0.15) is 11.5 Å². The molecule has 1 fully saturated rings. The second-order valence-electron chi connectivity index (χ2n) is 7.28. The molecular formula is C24H35IN4O3. The molecule has 1 unspecified atom stereocenters. The Bertz CT molecular complexity index is 826. The predicted octanol–water partition coefficient (Wildman–Crippen LogP) is 3.45. The molecule has 2 N–H and O–H groups in total. The Morgan fingerprint density at radius 2 is 1.81 bits per heavy atom. The van der Waals surface area contributed by atoms with E-state index in [2.05, 4.69) is 38.7 Å². The lowest BCUT2D eigenvalue weighted by molar-refractivity contribution is 0.0170. The van der Waals surface area contributed by atoms with Crippen LogP contribution in [0.5, 0.6) is 11.5 Å². The van der Waals surface area contributed by atoms with Gasteiger partial charge in [0, 0.05) is 38.8 Å². The van der Waals surface area contributed by atoms with Crippen LogP contribution in [0.4, 0.5) is 0 Å². The van der Waals surface area contributed by atoms with E-state index in [0.29, 0.717) is 13.2 Å². The Morgan fingerprint density at radius 1 is 1.09 bits per heavy atom.